The molecule has 0 fully saturated rings. The predicted molar refractivity (Wildman–Crippen MR) is 131 cm³/mol. The summed E-state index contributed by atoms with van der Waals surface area (Å²) in [6, 6.07) is 21.2. The number of hydrazone groups is 1. The molecule has 180 valence electrons. The molecule has 1 heterocycles. The van der Waals surface area contributed by atoms with Crippen LogP contribution in [0.1, 0.15) is 27.0 Å². The van der Waals surface area contributed by atoms with Gasteiger partial charge in [-0.1, -0.05) is 36.4 Å². The van der Waals surface area contributed by atoms with Crippen LogP contribution in [0.15, 0.2) is 90.2 Å². The fourth-order valence-electron chi connectivity index (χ4n) is 3.79. The molecule has 6 nitrogen and oxygen atoms in total. The molecule has 0 atom stereocenters. The molecular formula is C27H19F3N4O2. The first-order valence-corrected chi connectivity index (χ1v) is 11.0. The highest BCUT2D eigenvalue weighted by molar-refractivity contribution is 6.03. The van der Waals surface area contributed by atoms with Gasteiger partial charge in [-0.2, -0.15) is 23.4 Å². The summed E-state index contributed by atoms with van der Waals surface area (Å²) in [6.07, 6.45) is -1.18. The fourth-order valence-corrected chi connectivity index (χ4v) is 3.79. The highest BCUT2D eigenvalue weighted by atomic mass is 19.4. The maximum Gasteiger partial charge on any atom is 0.416 e. The van der Waals surface area contributed by atoms with Gasteiger partial charge in [0.25, 0.3) is 5.91 Å². The zero-order valence-electron chi connectivity index (χ0n) is 18.7. The standard InChI is InChI=1S/C27H19F3N4O2/c28-27(29,30)21-9-5-17(6-10-21)16-36-25-12-8-19(22-3-1-2-4-23(22)25)14-32-34-26(35)18-7-11-24-20(13-18)15-31-33-24/h1-15H,16H2,(H,31,33)(H,34,35). The molecule has 36 heavy (non-hydrogen) atoms. The zero-order valence-corrected chi connectivity index (χ0v) is 18.7. The van der Waals surface area contributed by atoms with E-state index >= 15 is 0 Å². The van der Waals surface area contributed by atoms with Crippen LogP contribution in [-0.2, 0) is 12.8 Å². The molecule has 1 amide bonds. The minimum absolute atomic E-state index is 0.118. The van der Waals surface area contributed by atoms with E-state index in [0.29, 0.717) is 16.9 Å². The van der Waals surface area contributed by atoms with Crippen LogP contribution in [0.3, 0.4) is 0 Å². The lowest BCUT2D eigenvalue weighted by Gasteiger charge is -2.12. The number of aromatic amines is 1. The first-order valence-electron chi connectivity index (χ1n) is 11.0. The first kappa shape index (κ1) is 23.1. The van der Waals surface area contributed by atoms with Gasteiger partial charge in [0.05, 0.1) is 23.5 Å². The number of hydrogen-bond donors (Lipinski definition) is 2. The zero-order chi connectivity index (χ0) is 25.1. The lowest BCUT2D eigenvalue weighted by Crippen LogP contribution is -2.17. The quantitative estimate of drug-likeness (QED) is 0.225. The van der Waals surface area contributed by atoms with Crippen LogP contribution in [-0.4, -0.2) is 22.3 Å². The molecule has 0 saturated carbocycles. The van der Waals surface area contributed by atoms with E-state index < -0.39 is 11.7 Å². The Hall–Kier alpha value is -4.66. The number of aromatic nitrogens is 2. The topological polar surface area (TPSA) is 79.4 Å². The summed E-state index contributed by atoms with van der Waals surface area (Å²) >= 11 is 0. The summed E-state index contributed by atoms with van der Waals surface area (Å²) in [4.78, 5) is 12.5. The number of rotatable bonds is 6. The molecule has 0 unspecified atom stereocenters. The third-order valence-electron chi connectivity index (χ3n) is 5.67. The number of H-pyrrole nitrogens is 1. The van der Waals surface area contributed by atoms with Crippen molar-refractivity contribution in [1.29, 1.82) is 0 Å². The molecule has 2 N–H and O–H groups in total. The molecule has 0 aliphatic heterocycles. The van der Waals surface area contributed by atoms with Crippen molar-refractivity contribution < 1.29 is 22.7 Å². The van der Waals surface area contributed by atoms with Gasteiger partial charge in [-0.05, 0) is 53.4 Å². The lowest BCUT2D eigenvalue weighted by molar-refractivity contribution is -0.137. The highest BCUT2D eigenvalue weighted by Crippen LogP contribution is 2.31. The Morgan fingerprint density at radius 2 is 1.78 bits per heavy atom. The van der Waals surface area contributed by atoms with E-state index in [1.165, 1.54) is 12.1 Å². The van der Waals surface area contributed by atoms with Crippen molar-refractivity contribution in [2.75, 3.05) is 0 Å². The second-order valence-corrected chi connectivity index (χ2v) is 8.05. The molecule has 0 radical (unpaired) electrons. The number of halogens is 3. The molecular weight excluding hydrogens is 469 g/mol. The normalized spacial score (nSPS) is 11.9. The van der Waals surface area contributed by atoms with Gasteiger partial charge in [0.1, 0.15) is 12.4 Å². The average Bonchev–Trinajstić information content (AvgIpc) is 3.36. The molecule has 5 aromatic rings. The number of alkyl halides is 3. The minimum atomic E-state index is -4.38. The van der Waals surface area contributed by atoms with Crippen molar-refractivity contribution in [2.24, 2.45) is 5.10 Å². The largest absolute Gasteiger partial charge is 0.488 e. The Bertz CT molecular complexity index is 1570. The van der Waals surface area contributed by atoms with Gasteiger partial charge in [-0.15, -0.1) is 0 Å². The Morgan fingerprint density at radius 1 is 1.00 bits per heavy atom. The van der Waals surface area contributed by atoms with Crippen LogP contribution in [0.25, 0.3) is 21.7 Å². The van der Waals surface area contributed by atoms with Crippen LogP contribution < -0.4 is 10.2 Å². The fraction of sp³-hybridized carbons (Fsp3) is 0.0741. The van der Waals surface area contributed by atoms with Crippen molar-refractivity contribution in [3.63, 3.8) is 0 Å². The van der Waals surface area contributed by atoms with Gasteiger partial charge in [0.2, 0.25) is 0 Å². The Morgan fingerprint density at radius 3 is 2.56 bits per heavy atom. The second kappa shape index (κ2) is 9.53. The Labute approximate surface area is 203 Å². The summed E-state index contributed by atoms with van der Waals surface area (Å²) in [5.41, 5.74) is 4.51. The Balaban J connectivity index is 1.30. The maximum absolute atomic E-state index is 12.8. The van der Waals surface area contributed by atoms with Crippen LogP contribution in [0.5, 0.6) is 5.75 Å². The lowest BCUT2D eigenvalue weighted by atomic mass is 10.0. The van der Waals surface area contributed by atoms with Crippen LogP contribution in [0, 0.1) is 0 Å². The van der Waals surface area contributed by atoms with E-state index in [1.807, 2.05) is 24.3 Å². The molecule has 1 aromatic heterocycles. The van der Waals surface area contributed by atoms with Crippen LogP contribution in [0.2, 0.25) is 0 Å². The van der Waals surface area contributed by atoms with E-state index in [9.17, 15) is 18.0 Å². The van der Waals surface area contributed by atoms with E-state index in [4.69, 9.17) is 4.74 Å². The van der Waals surface area contributed by atoms with Gasteiger partial charge in [0.15, 0.2) is 0 Å². The van der Waals surface area contributed by atoms with Crippen molar-refractivity contribution in [3.05, 3.63) is 107 Å². The van der Waals surface area contributed by atoms with Crippen molar-refractivity contribution in [3.8, 4) is 5.75 Å². The number of carbonyl (C=O) groups excluding carboxylic acids is 1. The number of hydrogen-bond acceptors (Lipinski definition) is 4. The van der Waals surface area contributed by atoms with Gasteiger partial charge < -0.3 is 4.74 Å². The molecule has 0 spiro atoms. The smallest absolute Gasteiger partial charge is 0.416 e. The van der Waals surface area contributed by atoms with Crippen LogP contribution in [0.4, 0.5) is 13.2 Å². The van der Waals surface area contributed by atoms with E-state index in [-0.39, 0.29) is 12.5 Å². The van der Waals surface area contributed by atoms with Gasteiger partial charge in [0, 0.05) is 21.9 Å². The molecule has 4 aromatic carbocycles. The first-order chi connectivity index (χ1) is 17.4. The van der Waals surface area contributed by atoms with Gasteiger partial charge >= 0.3 is 6.18 Å². The number of carbonyl (C=O) groups is 1. The predicted octanol–water partition coefficient (Wildman–Crippen LogP) is 6.08. The van der Waals surface area contributed by atoms with E-state index in [1.54, 1.807) is 42.7 Å². The SMILES string of the molecule is O=C(NN=Cc1ccc(OCc2ccc(C(F)(F)F)cc2)c2ccccc12)c1ccc2[nH]ncc2c1. The monoisotopic (exact) mass is 488 g/mol. The minimum Gasteiger partial charge on any atom is -0.488 e. The highest BCUT2D eigenvalue weighted by Gasteiger charge is 2.29. The summed E-state index contributed by atoms with van der Waals surface area (Å²) < 4.78 is 44.2. The van der Waals surface area contributed by atoms with Gasteiger partial charge in [-0.25, -0.2) is 5.43 Å². The third-order valence-corrected chi connectivity index (χ3v) is 5.67. The van der Waals surface area contributed by atoms with E-state index in [2.05, 4.69) is 20.7 Å². The number of fused-ring (bicyclic) bond motifs is 2. The molecule has 9 heteroatoms. The van der Waals surface area contributed by atoms with Crippen molar-refractivity contribution >= 4 is 33.8 Å². The molecule has 0 saturated heterocycles. The third kappa shape index (κ3) is 4.90. The molecule has 5 rings (SSSR count). The number of amides is 1. The number of nitrogens with zero attached hydrogens (tertiary/aromatic N) is 2. The molecule has 0 aliphatic rings. The summed E-state index contributed by atoms with van der Waals surface area (Å²) in [6.45, 7) is 0.118. The second-order valence-electron chi connectivity index (χ2n) is 8.05. The maximum atomic E-state index is 12.8. The van der Waals surface area contributed by atoms with Crippen LogP contribution >= 0.6 is 0 Å². The summed E-state index contributed by atoms with van der Waals surface area (Å²) in [5, 5.41) is 13.4. The van der Waals surface area contributed by atoms with Crippen molar-refractivity contribution in [2.45, 2.75) is 12.8 Å². The summed E-state index contributed by atoms with van der Waals surface area (Å²) in [7, 11) is 0. The average molecular weight is 488 g/mol. The molecule has 0 bridgehead atoms. The van der Waals surface area contributed by atoms with E-state index in [0.717, 1.165) is 39.4 Å². The van der Waals surface area contributed by atoms with Gasteiger partial charge in [-0.3, -0.25) is 9.89 Å². The Kier molecular flexibility index (Phi) is 6.12. The number of benzene rings is 4. The molecule has 0 aliphatic carbocycles. The number of nitrogens with one attached hydrogen (secondary N) is 2. The van der Waals surface area contributed by atoms with Crippen molar-refractivity contribution in [1.82, 2.24) is 15.6 Å². The summed E-state index contributed by atoms with van der Waals surface area (Å²) in [5.74, 6) is 0.232. The number of ether oxygens (including phenoxy) is 1.